The topological polar surface area (TPSA) is 64.0 Å². The van der Waals surface area contributed by atoms with E-state index in [2.05, 4.69) is 10.3 Å². The van der Waals surface area contributed by atoms with Crippen LogP contribution in [0.3, 0.4) is 0 Å². The smallest absolute Gasteiger partial charge is 0.272 e. The van der Waals surface area contributed by atoms with E-state index >= 15 is 0 Å². The molecular weight excluding hydrogens is 254 g/mol. The standard InChI is InChI=1S/C15H17N3O2/c1-10-15(20)18(9-8-14(19)17-11-6-7-11)13-5-3-2-4-12(13)16-10/h2-5,11H,6-9H2,1H3,(H,17,19). The molecule has 0 aliphatic heterocycles. The van der Waals surface area contributed by atoms with Gasteiger partial charge < -0.3 is 9.88 Å². The monoisotopic (exact) mass is 271 g/mol. The summed E-state index contributed by atoms with van der Waals surface area (Å²) in [7, 11) is 0. The summed E-state index contributed by atoms with van der Waals surface area (Å²) in [5.41, 5.74) is 1.91. The molecule has 0 unspecified atom stereocenters. The van der Waals surface area contributed by atoms with E-state index < -0.39 is 0 Å². The van der Waals surface area contributed by atoms with Crippen LogP contribution in [0.25, 0.3) is 11.0 Å². The third kappa shape index (κ3) is 2.57. The van der Waals surface area contributed by atoms with Crippen molar-refractivity contribution in [3.63, 3.8) is 0 Å². The minimum Gasteiger partial charge on any atom is -0.353 e. The van der Waals surface area contributed by atoms with E-state index in [1.54, 1.807) is 11.5 Å². The lowest BCUT2D eigenvalue weighted by atomic mass is 10.2. The maximum absolute atomic E-state index is 12.2. The van der Waals surface area contributed by atoms with Gasteiger partial charge in [-0.2, -0.15) is 0 Å². The zero-order valence-electron chi connectivity index (χ0n) is 11.4. The Bertz CT molecular complexity index is 717. The largest absolute Gasteiger partial charge is 0.353 e. The van der Waals surface area contributed by atoms with Gasteiger partial charge in [-0.3, -0.25) is 9.59 Å². The molecule has 1 heterocycles. The van der Waals surface area contributed by atoms with Crippen LogP contribution in [0.1, 0.15) is 25.0 Å². The van der Waals surface area contributed by atoms with Crippen molar-refractivity contribution in [2.75, 3.05) is 0 Å². The fourth-order valence-electron chi connectivity index (χ4n) is 2.28. The van der Waals surface area contributed by atoms with Gasteiger partial charge in [-0.25, -0.2) is 4.98 Å². The Balaban J connectivity index is 1.87. The van der Waals surface area contributed by atoms with Crippen LogP contribution in [0, 0.1) is 6.92 Å². The number of para-hydroxylation sites is 2. The fraction of sp³-hybridized carbons (Fsp3) is 0.400. The molecule has 104 valence electrons. The number of fused-ring (bicyclic) bond motifs is 1. The molecule has 0 spiro atoms. The van der Waals surface area contributed by atoms with Crippen molar-refractivity contribution in [1.29, 1.82) is 0 Å². The van der Waals surface area contributed by atoms with Crippen molar-refractivity contribution < 1.29 is 4.79 Å². The summed E-state index contributed by atoms with van der Waals surface area (Å²) in [6.07, 6.45) is 2.47. The van der Waals surface area contributed by atoms with Gasteiger partial charge in [0, 0.05) is 19.0 Å². The first-order valence-corrected chi connectivity index (χ1v) is 6.90. The zero-order valence-corrected chi connectivity index (χ0v) is 11.4. The first-order chi connectivity index (χ1) is 9.65. The second kappa shape index (κ2) is 5.07. The highest BCUT2D eigenvalue weighted by molar-refractivity contribution is 5.77. The number of hydrogen-bond donors (Lipinski definition) is 1. The molecule has 1 N–H and O–H groups in total. The lowest BCUT2D eigenvalue weighted by molar-refractivity contribution is -0.121. The number of aryl methyl sites for hydroxylation is 2. The average molecular weight is 271 g/mol. The normalized spacial score (nSPS) is 14.4. The molecule has 1 aliphatic rings. The van der Waals surface area contributed by atoms with Crippen LogP contribution in [0.15, 0.2) is 29.1 Å². The summed E-state index contributed by atoms with van der Waals surface area (Å²) in [5, 5.41) is 2.94. The first kappa shape index (κ1) is 12.8. The zero-order chi connectivity index (χ0) is 14.1. The lowest BCUT2D eigenvalue weighted by Crippen LogP contribution is -2.30. The van der Waals surface area contributed by atoms with Gasteiger partial charge in [0.15, 0.2) is 0 Å². The molecule has 1 aromatic heterocycles. The summed E-state index contributed by atoms with van der Waals surface area (Å²) in [6.45, 7) is 2.09. The quantitative estimate of drug-likeness (QED) is 0.913. The second-order valence-corrected chi connectivity index (χ2v) is 5.23. The van der Waals surface area contributed by atoms with Gasteiger partial charge in [0.1, 0.15) is 5.69 Å². The van der Waals surface area contributed by atoms with Crippen molar-refractivity contribution in [1.82, 2.24) is 14.9 Å². The van der Waals surface area contributed by atoms with Crippen molar-refractivity contribution >= 4 is 16.9 Å². The highest BCUT2D eigenvalue weighted by Gasteiger charge is 2.23. The van der Waals surface area contributed by atoms with Crippen LogP contribution in [0.5, 0.6) is 0 Å². The molecule has 0 atom stereocenters. The van der Waals surface area contributed by atoms with Gasteiger partial charge in [0.2, 0.25) is 5.91 Å². The van der Waals surface area contributed by atoms with Crippen molar-refractivity contribution in [2.45, 2.75) is 38.8 Å². The molecule has 0 saturated heterocycles. The van der Waals surface area contributed by atoms with E-state index in [0.717, 1.165) is 23.9 Å². The number of rotatable bonds is 4. The summed E-state index contributed by atoms with van der Waals surface area (Å²) >= 11 is 0. The van der Waals surface area contributed by atoms with Gasteiger partial charge in [0.25, 0.3) is 5.56 Å². The van der Waals surface area contributed by atoms with E-state index in [9.17, 15) is 9.59 Å². The number of nitrogens with zero attached hydrogens (tertiary/aromatic N) is 2. The van der Waals surface area contributed by atoms with E-state index in [-0.39, 0.29) is 11.5 Å². The van der Waals surface area contributed by atoms with Crippen LogP contribution < -0.4 is 10.9 Å². The fourth-order valence-corrected chi connectivity index (χ4v) is 2.28. The van der Waals surface area contributed by atoms with Crippen molar-refractivity contribution in [2.24, 2.45) is 0 Å². The Hall–Kier alpha value is -2.17. The molecule has 20 heavy (non-hydrogen) atoms. The first-order valence-electron chi connectivity index (χ1n) is 6.90. The molecular formula is C15H17N3O2. The molecule has 3 rings (SSSR count). The summed E-state index contributed by atoms with van der Waals surface area (Å²) in [6, 6.07) is 7.86. The predicted molar refractivity (Wildman–Crippen MR) is 76.5 cm³/mol. The Labute approximate surface area is 116 Å². The van der Waals surface area contributed by atoms with Crippen LogP contribution >= 0.6 is 0 Å². The molecule has 1 saturated carbocycles. The summed E-state index contributed by atoms with van der Waals surface area (Å²) in [5.74, 6) is 0.0120. The number of benzene rings is 1. The van der Waals surface area contributed by atoms with Crippen LogP contribution in [0.2, 0.25) is 0 Å². The number of nitrogens with one attached hydrogen (secondary N) is 1. The number of hydrogen-bond acceptors (Lipinski definition) is 3. The van der Waals surface area contributed by atoms with Crippen LogP contribution in [0.4, 0.5) is 0 Å². The SMILES string of the molecule is Cc1nc2ccccc2n(CCC(=O)NC2CC2)c1=O. The van der Waals surface area contributed by atoms with Gasteiger partial charge in [0.05, 0.1) is 11.0 Å². The predicted octanol–water partition coefficient (Wildman–Crippen LogP) is 1.37. The van der Waals surface area contributed by atoms with E-state index in [0.29, 0.717) is 24.7 Å². The Kier molecular flexibility index (Phi) is 3.26. The van der Waals surface area contributed by atoms with Gasteiger partial charge in [-0.15, -0.1) is 0 Å². The Morgan fingerprint density at radius 3 is 2.90 bits per heavy atom. The molecule has 1 aromatic carbocycles. The maximum Gasteiger partial charge on any atom is 0.272 e. The number of carbonyl (C=O) groups excluding carboxylic acids is 1. The minimum atomic E-state index is -0.122. The molecule has 0 radical (unpaired) electrons. The molecule has 2 aromatic rings. The van der Waals surface area contributed by atoms with Gasteiger partial charge in [-0.05, 0) is 31.9 Å². The Morgan fingerprint density at radius 2 is 2.15 bits per heavy atom. The third-order valence-electron chi connectivity index (χ3n) is 3.52. The molecule has 1 fully saturated rings. The summed E-state index contributed by atoms with van der Waals surface area (Å²) < 4.78 is 1.64. The van der Waals surface area contributed by atoms with Gasteiger partial charge in [-0.1, -0.05) is 12.1 Å². The second-order valence-electron chi connectivity index (χ2n) is 5.23. The van der Waals surface area contributed by atoms with Crippen LogP contribution in [-0.2, 0) is 11.3 Å². The molecule has 5 heteroatoms. The van der Waals surface area contributed by atoms with Crippen molar-refractivity contribution in [3.05, 3.63) is 40.3 Å². The lowest BCUT2D eigenvalue weighted by Gasteiger charge is -2.11. The molecule has 1 aliphatic carbocycles. The highest BCUT2D eigenvalue weighted by Crippen LogP contribution is 2.18. The number of carbonyl (C=O) groups is 1. The summed E-state index contributed by atoms with van der Waals surface area (Å²) in [4.78, 5) is 28.2. The van der Waals surface area contributed by atoms with Gasteiger partial charge >= 0.3 is 0 Å². The average Bonchev–Trinajstić information content (AvgIpc) is 3.23. The van der Waals surface area contributed by atoms with Crippen molar-refractivity contribution in [3.8, 4) is 0 Å². The third-order valence-corrected chi connectivity index (χ3v) is 3.52. The van der Waals surface area contributed by atoms with E-state index in [1.165, 1.54) is 0 Å². The highest BCUT2D eigenvalue weighted by atomic mass is 16.2. The minimum absolute atomic E-state index is 0.0120. The van der Waals surface area contributed by atoms with E-state index in [1.807, 2.05) is 24.3 Å². The Morgan fingerprint density at radius 1 is 1.40 bits per heavy atom. The number of amides is 1. The maximum atomic E-state index is 12.2. The molecule has 1 amide bonds. The molecule has 5 nitrogen and oxygen atoms in total. The number of aromatic nitrogens is 2. The molecule has 0 bridgehead atoms. The van der Waals surface area contributed by atoms with E-state index in [4.69, 9.17) is 0 Å². The van der Waals surface area contributed by atoms with Crippen LogP contribution in [-0.4, -0.2) is 21.5 Å².